The third-order valence-corrected chi connectivity index (χ3v) is 2.72. The first-order chi connectivity index (χ1) is 8.20. The Labute approximate surface area is 99.4 Å². The first-order valence-corrected chi connectivity index (χ1v) is 5.75. The van der Waals surface area contributed by atoms with Gasteiger partial charge in [-0.25, -0.2) is 4.79 Å². The molecule has 1 heterocycles. The van der Waals surface area contributed by atoms with Crippen molar-refractivity contribution in [2.24, 2.45) is 0 Å². The minimum absolute atomic E-state index is 0.410. The van der Waals surface area contributed by atoms with E-state index in [2.05, 4.69) is 22.1 Å². The molecular weight excluding hydrogens is 218 g/mol. The van der Waals surface area contributed by atoms with Crippen LogP contribution >= 0.6 is 0 Å². The Bertz CT molecular complexity index is 544. The summed E-state index contributed by atoms with van der Waals surface area (Å²) < 4.78 is 4.96. The first kappa shape index (κ1) is 11.7. The predicted molar refractivity (Wildman–Crippen MR) is 68.6 cm³/mol. The maximum Gasteiger partial charge on any atom is 0.417 e. The molecule has 0 spiro atoms. The number of aromatic amines is 1. The quantitative estimate of drug-likeness (QED) is 0.764. The number of hydrogen-bond donors (Lipinski definition) is 2. The van der Waals surface area contributed by atoms with Gasteiger partial charge in [0.1, 0.15) is 0 Å². The van der Waals surface area contributed by atoms with Crippen LogP contribution in [0.2, 0.25) is 0 Å². The van der Waals surface area contributed by atoms with Gasteiger partial charge in [0.05, 0.1) is 5.52 Å². The maximum absolute atomic E-state index is 11.0. The summed E-state index contributed by atoms with van der Waals surface area (Å²) in [6.45, 7) is 4.92. The van der Waals surface area contributed by atoms with Crippen LogP contribution in [0.25, 0.3) is 11.1 Å². The third kappa shape index (κ3) is 2.68. The van der Waals surface area contributed by atoms with Gasteiger partial charge in [0, 0.05) is 25.8 Å². The van der Waals surface area contributed by atoms with E-state index in [0.29, 0.717) is 5.58 Å². The molecule has 2 rings (SSSR count). The molecular formula is C12H17N3O2. The second-order valence-electron chi connectivity index (χ2n) is 3.97. The highest BCUT2D eigenvalue weighted by Gasteiger charge is 2.05. The molecule has 0 aliphatic carbocycles. The average Bonchev–Trinajstić information content (AvgIpc) is 2.68. The third-order valence-electron chi connectivity index (χ3n) is 2.72. The van der Waals surface area contributed by atoms with Crippen molar-refractivity contribution in [3.63, 3.8) is 0 Å². The number of benzene rings is 1. The van der Waals surface area contributed by atoms with E-state index in [0.717, 1.165) is 30.8 Å². The summed E-state index contributed by atoms with van der Waals surface area (Å²) in [6, 6.07) is 5.68. The lowest BCUT2D eigenvalue weighted by Crippen LogP contribution is -2.28. The monoisotopic (exact) mass is 235 g/mol. The fraction of sp³-hybridized carbons (Fsp3) is 0.417. The maximum atomic E-state index is 11.0. The van der Waals surface area contributed by atoms with Crippen LogP contribution in [0.1, 0.15) is 6.92 Å². The molecule has 5 nitrogen and oxygen atoms in total. The predicted octanol–water partition coefficient (Wildman–Crippen LogP) is 1.17. The molecule has 0 aliphatic rings. The summed E-state index contributed by atoms with van der Waals surface area (Å²) in [5.41, 5.74) is 2.40. The summed E-state index contributed by atoms with van der Waals surface area (Å²) in [4.78, 5) is 15.8. The van der Waals surface area contributed by atoms with Crippen molar-refractivity contribution < 1.29 is 4.42 Å². The van der Waals surface area contributed by atoms with E-state index in [1.165, 1.54) is 0 Å². The summed E-state index contributed by atoms with van der Waals surface area (Å²) in [6.07, 6.45) is 0. The number of anilines is 1. The number of oxazole rings is 1. The molecule has 0 amide bonds. The number of fused-ring (bicyclic) bond motifs is 1. The van der Waals surface area contributed by atoms with Crippen LogP contribution in [-0.2, 0) is 0 Å². The Morgan fingerprint density at radius 3 is 3.06 bits per heavy atom. The first-order valence-electron chi connectivity index (χ1n) is 5.75. The van der Waals surface area contributed by atoms with Crippen molar-refractivity contribution in [3.05, 3.63) is 28.7 Å². The van der Waals surface area contributed by atoms with Crippen molar-refractivity contribution in [3.8, 4) is 0 Å². The van der Waals surface area contributed by atoms with Crippen molar-refractivity contribution in [1.29, 1.82) is 0 Å². The summed E-state index contributed by atoms with van der Waals surface area (Å²) in [5.74, 6) is -0.410. The molecule has 0 radical (unpaired) electrons. The lowest BCUT2D eigenvalue weighted by Gasteiger charge is -2.19. The van der Waals surface area contributed by atoms with E-state index < -0.39 is 5.76 Å². The van der Waals surface area contributed by atoms with Gasteiger partial charge in [-0.1, -0.05) is 6.92 Å². The highest BCUT2D eigenvalue weighted by molar-refractivity contribution is 5.77. The minimum atomic E-state index is -0.410. The molecule has 1 aromatic heterocycles. The fourth-order valence-corrected chi connectivity index (χ4v) is 1.73. The van der Waals surface area contributed by atoms with Gasteiger partial charge in [0.15, 0.2) is 5.58 Å². The molecule has 1 aromatic carbocycles. The highest BCUT2D eigenvalue weighted by atomic mass is 16.4. The number of rotatable bonds is 5. The molecule has 2 N–H and O–H groups in total. The van der Waals surface area contributed by atoms with Crippen LogP contribution < -0.4 is 16.0 Å². The van der Waals surface area contributed by atoms with Crippen LogP contribution in [-0.4, -0.2) is 31.7 Å². The number of H-pyrrole nitrogens is 1. The van der Waals surface area contributed by atoms with Crippen molar-refractivity contribution >= 4 is 16.8 Å². The van der Waals surface area contributed by atoms with Gasteiger partial charge < -0.3 is 14.6 Å². The average molecular weight is 235 g/mol. The smallest absolute Gasteiger partial charge is 0.408 e. The topological polar surface area (TPSA) is 61.3 Å². The number of nitrogens with one attached hydrogen (secondary N) is 2. The molecule has 0 bridgehead atoms. The van der Waals surface area contributed by atoms with Crippen molar-refractivity contribution in [2.45, 2.75) is 6.92 Å². The minimum Gasteiger partial charge on any atom is -0.408 e. The molecule has 0 saturated carbocycles. The molecule has 0 fully saturated rings. The van der Waals surface area contributed by atoms with Gasteiger partial charge in [0.2, 0.25) is 0 Å². The molecule has 0 aliphatic heterocycles. The zero-order valence-corrected chi connectivity index (χ0v) is 10.1. The van der Waals surface area contributed by atoms with Gasteiger partial charge in [-0.15, -0.1) is 0 Å². The van der Waals surface area contributed by atoms with Gasteiger partial charge in [-0.3, -0.25) is 4.98 Å². The Balaban J connectivity index is 2.14. The lowest BCUT2D eigenvalue weighted by molar-refractivity contribution is 0.555. The number of hydrogen-bond acceptors (Lipinski definition) is 4. The van der Waals surface area contributed by atoms with Crippen LogP contribution in [0, 0.1) is 0 Å². The molecule has 0 unspecified atom stereocenters. The van der Waals surface area contributed by atoms with Crippen LogP contribution in [0.4, 0.5) is 5.69 Å². The SMILES string of the molecule is CCNCCN(C)c1ccc2oc(=O)[nH]c2c1. The number of nitrogens with zero attached hydrogens (tertiary/aromatic N) is 1. The van der Waals surface area contributed by atoms with Gasteiger partial charge in [0.25, 0.3) is 0 Å². The molecule has 17 heavy (non-hydrogen) atoms. The second-order valence-corrected chi connectivity index (χ2v) is 3.97. The summed E-state index contributed by atoms with van der Waals surface area (Å²) in [7, 11) is 2.02. The molecule has 92 valence electrons. The van der Waals surface area contributed by atoms with E-state index in [4.69, 9.17) is 4.42 Å². The Kier molecular flexibility index (Phi) is 3.49. The van der Waals surface area contributed by atoms with E-state index in [9.17, 15) is 4.79 Å². The Morgan fingerprint density at radius 2 is 2.29 bits per heavy atom. The summed E-state index contributed by atoms with van der Waals surface area (Å²) in [5, 5.41) is 3.27. The Morgan fingerprint density at radius 1 is 1.47 bits per heavy atom. The van der Waals surface area contributed by atoms with E-state index in [1.54, 1.807) is 0 Å². The second kappa shape index (κ2) is 5.05. The van der Waals surface area contributed by atoms with Gasteiger partial charge >= 0.3 is 5.76 Å². The highest BCUT2D eigenvalue weighted by Crippen LogP contribution is 2.18. The fourth-order valence-electron chi connectivity index (χ4n) is 1.73. The van der Waals surface area contributed by atoms with Gasteiger partial charge in [-0.2, -0.15) is 0 Å². The van der Waals surface area contributed by atoms with E-state index in [-0.39, 0.29) is 0 Å². The lowest BCUT2D eigenvalue weighted by atomic mass is 10.2. The standard InChI is InChI=1S/C12H17N3O2/c1-3-13-6-7-15(2)9-4-5-11-10(8-9)14-12(16)17-11/h4-5,8,13H,3,6-7H2,1-2H3,(H,14,16). The van der Waals surface area contributed by atoms with Gasteiger partial charge in [-0.05, 0) is 24.7 Å². The van der Waals surface area contributed by atoms with Crippen LogP contribution in [0.5, 0.6) is 0 Å². The molecule has 0 atom stereocenters. The van der Waals surface area contributed by atoms with E-state index >= 15 is 0 Å². The number of likely N-dealkylation sites (N-methyl/N-ethyl adjacent to an activating group) is 2. The molecule has 0 saturated heterocycles. The van der Waals surface area contributed by atoms with Crippen molar-refractivity contribution in [1.82, 2.24) is 10.3 Å². The summed E-state index contributed by atoms with van der Waals surface area (Å²) >= 11 is 0. The Hall–Kier alpha value is -1.75. The zero-order chi connectivity index (χ0) is 12.3. The van der Waals surface area contributed by atoms with Crippen molar-refractivity contribution in [2.75, 3.05) is 31.6 Å². The van der Waals surface area contributed by atoms with E-state index in [1.807, 2.05) is 25.2 Å². The number of aromatic nitrogens is 1. The van der Waals surface area contributed by atoms with Crippen LogP contribution in [0.3, 0.4) is 0 Å². The van der Waals surface area contributed by atoms with Crippen LogP contribution in [0.15, 0.2) is 27.4 Å². The zero-order valence-electron chi connectivity index (χ0n) is 10.1. The normalized spacial score (nSPS) is 10.9. The molecule has 5 heteroatoms. The molecule has 2 aromatic rings. The largest absolute Gasteiger partial charge is 0.417 e.